The number of methoxy groups -OCH3 is 3. The molecule has 0 heterocycles. The third-order valence-corrected chi connectivity index (χ3v) is 2.95. The quantitative estimate of drug-likeness (QED) is 0.813. The highest BCUT2D eigenvalue weighted by atomic mass is 16.5. The number of hydrogen-bond acceptors (Lipinski definition) is 5. The number of likely N-dealkylation sites (N-methyl/N-ethyl adjacent to an activating group) is 1. The fourth-order valence-corrected chi connectivity index (χ4v) is 1.91. The minimum atomic E-state index is -0.194. The van der Waals surface area contributed by atoms with Gasteiger partial charge in [-0.25, -0.2) is 0 Å². The molecule has 6 heteroatoms. The van der Waals surface area contributed by atoms with Gasteiger partial charge in [-0.2, -0.15) is 0 Å². The maximum atomic E-state index is 12.4. The van der Waals surface area contributed by atoms with E-state index in [9.17, 15) is 4.79 Å². The van der Waals surface area contributed by atoms with Crippen molar-refractivity contribution in [3.05, 3.63) is 17.7 Å². The molecule has 0 aliphatic rings. The van der Waals surface area contributed by atoms with E-state index < -0.39 is 0 Å². The van der Waals surface area contributed by atoms with Gasteiger partial charge in [0.25, 0.3) is 5.91 Å². The monoisotopic (exact) mass is 283 g/mol. The molecule has 0 fully saturated rings. The molecule has 1 amide bonds. The summed E-state index contributed by atoms with van der Waals surface area (Å²) in [6.45, 7) is 2.57. The smallest absolute Gasteiger partial charge is 0.254 e. The second-order valence-corrected chi connectivity index (χ2v) is 4.02. The molecule has 0 saturated heterocycles. The van der Waals surface area contributed by atoms with Gasteiger partial charge in [0.1, 0.15) is 0 Å². The number of nitrogens with zero attached hydrogens (tertiary/aromatic N) is 1. The van der Waals surface area contributed by atoms with Gasteiger partial charge in [-0.1, -0.05) is 0 Å². The largest absolute Gasteiger partial charge is 0.493 e. The van der Waals surface area contributed by atoms with Gasteiger partial charge < -0.3 is 24.2 Å². The Balaban J connectivity index is 3.21. The first-order valence-corrected chi connectivity index (χ1v) is 6.33. The normalized spacial score (nSPS) is 10.1. The second kappa shape index (κ2) is 7.59. The Labute approximate surface area is 118 Å². The Hall–Kier alpha value is -1.95. The topological polar surface area (TPSA) is 68.2 Å². The number of carbonyl (C=O) groups is 1. The van der Waals surface area contributed by atoms with Crippen molar-refractivity contribution in [3.63, 3.8) is 0 Å². The summed E-state index contributed by atoms with van der Waals surface area (Å²) in [6.07, 6.45) is 0. The molecule has 1 aromatic carbocycles. The molecule has 112 valence electrons. The first kappa shape index (κ1) is 16.1. The minimum Gasteiger partial charge on any atom is -0.493 e. The zero-order valence-electron chi connectivity index (χ0n) is 12.3. The van der Waals surface area contributed by atoms with Gasteiger partial charge in [0.2, 0.25) is 5.75 Å². The molecule has 1 rings (SSSR count). The van der Waals surface area contributed by atoms with Crippen LogP contribution in [-0.2, 0) is 0 Å². The molecule has 0 aromatic heterocycles. The van der Waals surface area contributed by atoms with Gasteiger partial charge in [0.15, 0.2) is 11.5 Å². The van der Waals surface area contributed by atoms with Crippen LogP contribution in [-0.4, -0.2) is 56.9 Å². The fraction of sp³-hybridized carbons (Fsp3) is 0.500. The van der Waals surface area contributed by atoms with Gasteiger partial charge in [0.05, 0.1) is 27.9 Å². The Morgan fingerprint density at radius 3 is 2.05 bits per heavy atom. The van der Waals surface area contributed by atoms with Crippen molar-refractivity contribution in [2.75, 3.05) is 41.0 Å². The number of ether oxygens (including phenoxy) is 3. The van der Waals surface area contributed by atoms with Gasteiger partial charge in [0, 0.05) is 18.7 Å². The third-order valence-electron chi connectivity index (χ3n) is 2.95. The van der Waals surface area contributed by atoms with E-state index in [2.05, 4.69) is 0 Å². The summed E-state index contributed by atoms with van der Waals surface area (Å²) in [5.74, 6) is 1.10. The average Bonchev–Trinajstić information content (AvgIpc) is 2.50. The van der Waals surface area contributed by atoms with E-state index in [-0.39, 0.29) is 19.1 Å². The molecule has 1 N–H and O–H groups in total. The van der Waals surface area contributed by atoms with Crippen LogP contribution >= 0.6 is 0 Å². The standard InChI is InChI=1S/C14H21NO5/c1-5-15(6-7-16)14(17)10-8-11(18-2)13(20-4)12(9-10)19-3/h8-9,16H,5-7H2,1-4H3. The Bertz CT molecular complexity index is 436. The number of carbonyl (C=O) groups excluding carboxylic acids is 1. The van der Waals surface area contributed by atoms with E-state index in [1.165, 1.54) is 21.3 Å². The maximum absolute atomic E-state index is 12.4. The molecule has 0 bridgehead atoms. The van der Waals surface area contributed by atoms with E-state index in [0.717, 1.165) is 0 Å². The first-order valence-electron chi connectivity index (χ1n) is 6.33. The molecule has 0 radical (unpaired) electrons. The Kier molecular flexibility index (Phi) is 6.11. The molecule has 0 aliphatic carbocycles. The van der Waals surface area contributed by atoms with Crippen molar-refractivity contribution in [3.8, 4) is 17.2 Å². The number of aliphatic hydroxyl groups excluding tert-OH is 1. The van der Waals surface area contributed by atoms with E-state index in [1.807, 2.05) is 6.92 Å². The van der Waals surface area contributed by atoms with Crippen molar-refractivity contribution in [1.82, 2.24) is 4.90 Å². The average molecular weight is 283 g/mol. The van der Waals surface area contributed by atoms with Crippen LogP contribution in [0.15, 0.2) is 12.1 Å². The number of hydrogen-bond donors (Lipinski definition) is 1. The highest BCUT2D eigenvalue weighted by molar-refractivity contribution is 5.95. The molecule has 20 heavy (non-hydrogen) atoms. The van der Waals surface area contributed by atoms with E-state index in [1.54, 1.807) is 17.0 Å². The zero-order chi connectivity index (χ0) is 15.1. The lowest BCUT2D eigenvalue weighted by atomic mass is 10.1. The van der Waals surface area contributed by atoms with Gasteiger partial charge >= 0.3 is 0 Å². The molecule has 0 spiro atoms. The molecule has 0 aliphatic heterocycles. The van der Waals surface area contributed by atoms with E-state index >= 15 is 0 Å². The summed E-state index contributed by atoms with van der Waals surface area (Å²) in [4.78, 5) is 13.9. The predicted molar refractivity (Wildman–Crippen MR) is 74.8 cm³/mol. The van der Waals surface area contributed by atoms with Gasteiger partial charge in [-0.15, -0.1) is 0 Å². The lowest BCUT2D eigenvalue weighted by Crippen LogP contribution is -2.33. The number of rotatable bonds is 7. The van der Waals surface area contributed by atoms with Crippen LogP contribution < -0.4 is 14.2 Å². The maximum Gasteiger partial charge on any atom is 0.254 e. The summed E-state index contributed by atoms with van der Waals surface area (Å²) in [6, 6.07) is 3.20. The highest BCUT2D eigenvalue weighted by Crippen LogP contribution is 2.38. The van der Waals surface area contributed by atoms with Gasteiger partial charge in [-0.3, -0.25) is 4.79 Å². The van der Waals surface area contributed by atoms with Crippen LogP contribution in [0.2, 0.25) is 0 Å². The molecule has 0 atom stereocenters. The lowest BCUT2D eigenvalue weighted by Gasteiger charge is -2.21. The Morgan fingerprint density at radius 1 is 1.15 bits per heavy atom. The summed E-state index contributed by atoms with van der Waals surface area (Å²) < 4.78 is 15.6. The van der Waals surface area contributed by atoms with Crippen LogP contribution in [0.1, 0.15) is 17.3 Å². The van der Waals surface area contributed by atoms with Crippen LogP contribution in [0.3, 0.4) is 0 Å². The SMILES string of the molecule is CCN(CCO)C(=O)c1cc(OC)c(OC)c(OC)c1. The third kappa shape index (κ3) is 3.33. The second-order valence-electron chi connectivity index (χ2n) is 4.02. The summed E-state index contributed by atoms with van der Waals surface area (Å²) in [5.41, 5.74) is 0.426. The summed E-state index contributed by atoms with van der Waals surface area (Å²) >= 11 is 0. The predicted octanol–water partition coefficient (Wildman–Crippen LogP) is 1.17. The zero-order valence-corrected chi connectivity index (χ0v) is 12.3. The molecule has 6 nitrogen and oxygen atoms in total. The number of benzene rings is 1. The van der Waals surface area contributed by atoms with E-state index in [4.69, 9.17) is 19.3 Å². The number of aliphatic hydroxyl groups is 1. The molecular formula is C14H21NO5. The van der Waals surface area contributed by atoms with Gasteiger partial charge in [-0.05, 0) is 19.1 Å². The van der Waals surface area contributed by atoms with Crippen LogP contribution in [0.5, 0.6) is 17.2 Å². The van der Waals surface area contributed by atoms with Crippen molar-refractivity contribution >= 4 is 5.91 Å². The van der Waals surface area contributed by atoms with Crippen LogP contribution in [0.25, 0.3) is 0 Å². The van der Waals surface area contributed by atoms with Crippen LogP contribution in [0.4, 0.5) is 0 Å². The van der Waals surface area contributed by atoms with Crippen molar-refractivity contribution in [1.29, 1.82) is 0 Å². The number of amides is 1. The molecular weight excluding hydrogens is 262 g/mol. The minimum absolute atomic E-state index is 0.0794. The Morgan fingerprint density at radius 2 is 1.70 bits per heavy atom. The first-order chi connectivity index (χ1) is 9.62. The molecule has 0 unspecified atom stereocenters. The summed E-state index contributed by atoms with van der Waals surface area (Å²) in [5, 5.41) is 8.98. The highest BCUT2D eigenvalue weighted by Gasteiger charge is 2.20. The fourth-order valence-electron chi connectivity index (χ4n) is 1.91. The molecule has 1 aromatic rings. The lowest BCUT2D eigenvalue weighted by molar-refractivity contribution is 0.0731. The van der Waals surface area contributed by atoms with E-state index in [0.29, 0.717) is 29.4 Å². The molecule has 0 saturated carbocycles. The summed E-state index contributed by atoms with van der Waals surface area (Å²) in [7, 11) is 4.50. The van der Waals surface area contributed by atoms with Crippen molar-refractivity contribution < 1.29 is 24.1 Å². The van der Waals surface area contributed by atoms with Crippen LogP contribution in [0, 0.1) is 0 Å². The van der Waals surface area contributed by atoms with Crippen molar-refractivity contribution in [2.24, 2.45) is 0 Å². The van der Waals surface area contributed by atoms with Crippen molar-refractivity contribution in [2.45, 2.75) is 6.92 Å².